The van der Waals surface area contributed by atoms with Crippen molar-refractivity contribution in [2.24, 2.45) is 10.9 Å². The van der Waals surface area contributed by atoms with E-state index in [2.05, 4.69) is 44.6 Å². The summed E-state index contributed by atoms with van der Waals surface area (Å²) in [6, 6.07) is 6.37. The summed E-state index contributed by atoms with van der Waals surface area (Å²) in [6.07, 6.45) is 3.78. The number of guanidine groups is 1. The van der Waals surface area contributed by atoms with Gasteiger partial charge in [-0.1, -0.05) is 6.07 Å². The number of hydrogen-bond donors (Lipinski definition) is 2. The third-order valence-corrected chi connectivity index (χ3v) is 6.65. The van der Waals surface area contributed by atoms with Gasteiger partial charge in [-0.2, -0.15) is 0 Å². The van der Waals surface area contributed by atoms with Gasteiger partial charge in [-0.05, 0) is 63.0 Å². The van der Waals surface area contributed by atoms with Crippen molar-refractivity contribution in [1.29, 1.82) is 0 Å². The smallest absolute Gasteiger partial charge is 0.191 e. The maximum Gasteiger partial charge on any atom is 0.191 e. The maximum absolute atomic E-state index is 5.59. The highest BCUT2D eigenvalue weighted by molar-refractivity contribution is 5.79. The Kier molecular flexibility index (Phi) is 9.89. The molecule has 2 N–H and O–H groups in total. The Hall–Kier alpha value is -2.03. The summed E-state index contributed by atoms with van der Waals surface area (Å²) in [6.45, 7) is 7.46. The van der Waals surface area contributed by atoms with Crippen LogP contribution in [0.25, 0.3) is 0 Å². The Labute approximate surface area is 193 Å². The van der Waals surface area contributed by atoms with Crippen LogP contribution in [0.1, 0.15) is 30.9 Å². The Morgan fingerprint density at radius 3 is 2.47 bits per heavy atom. The molecule has 0 bridgehead atoms. The molecular weight excluding hydrogens is 406 g/mol. The SMILES string of the molecule is CN=C(NCCC1CCN(C)CC1)NCC(c1ccc(OC)c(OC)c1)N1CCOCC1. The van der Waals surface area contributed by atoms with Crippen LogP contribution in [0.4, 0.5) is 0 Å². The molecule has 0 amide bonds. The molecule has 1 aromatic rings. The average molecular weight is 448 g/mol. The molecule has 2 heterocycles. The van der Waals surface area contributed by atoms with E-state index in [0.717, 1.165) is 62.8 Å². The van der Waals surface area contributed by atoms with E-state index in [1.807, 2.05) is 13.1 Å². The summed E-state index contributed by atoms with van der Waals surface area (Å²) in [5, 5.41) is 7.07. The molecule has 0 saturated carbocycles. The fourth-order valence-electron chi connectivity index (χ4n) is 4.57. The lowest BCUT2D eigenvalue weighted by Crippen LogP contribution is -2.46. The number of likely N-dealkylation sites (tertiary alicyclic amines) is 1. The fraction of sp³-hybridized carbons (Fsp3) is 0.708. The van der Waals surface area contributed by atoms with Gasteiger partial charge in [-0.3, -0.25) is 9.89 Å². The van der Waals surface area contributed by atoms with Crippen LogP contribution in [0, 0.1) is 5.92 Å². The Bertz CT molecular complexity index is 716. The highest BCUT2D eigenvalue weighted by Crippen LogP contribution is 2.32. The molecule has 0 radical (unpaired) electrons. The lowest BCUT2D eigenvalue weighted by molar-refractivity contribution is 0.0169. The molecule has 180 valence electrons. The van der Waals surface area contributed by atoms with E-state index in [4.69, 9.17) is 14.2 Å². The van der Waals surface area contributed by atoms with Crippen LogP contribution in [-0.2, 0) is 4.74 Å². The van der Waals surface area contributed by atoms with Gasteiger partial charge >= 0.3 is 0 Å². The number of nitrogens with one attached hydrogen (secondary N) is 2. The van der Waals surface area contributed by atoms with E-state index >= 15 is 0 Å². The monoisotopic (exact) mass is 447 g/mol. The normalized spacial score (nSPS) is 20.1. The van der Waals surface area contributed by atoms with Crippen LogP contribution < -0.4 is 20.1 Å². The molecule has 0 aromatic heterocycles. The van der Waals surface area contributed by atoms with Crippen LogP contribution in [0.3, 0.4) is 0 Å². The fourth-order valence-corrected chi connectivity index (χ4v) is 4.57. The van der Waals surface area contributed by atoms with Crippen molar-refractivity contribution >= 4 is 5.96 Å². The quantitative estimate of drug-likeness (QED) is 0.443. The van der Waals surface area contributed by atoms with Gasteiger partial charge in [-0.25, -0.2) is 0 Å². The number of morpholine rings is 1. The van der Waals surface area contributed by atoms with Crippen molar-refractivity contribution in [2.45, 2.75) is 25.3 Å². The molecule has 2 aliphatic heterocycles. The van der Waals surface area contributed by atoms with Gasteiger partial charge in [0.1, 0.15) is 0 Å². The molecule has 32 heavy (non-hydrogen) atoms. The van der Waals surface area contributed by atoms with E-state index in [9.17, 15) is 0 Å². The molecule has 8 nitrogen and oxygen atoms in total. The van der Waals surface area contributed by atoms with Crippen molar-refractivity contribution < 1.29 is 14.2 Å². The highest BCUT2D eigenvalue weighted by Gasteiger charge is 2.24. The zero-order valence-corrected chi connectivity index (χ0v) is 20.2. The summed E-state index contributed by atoms with van der Waals surface area (Å²) in [4.78, 5) is 9.34. The van der Waals surface area contributed by atoms with Crippen LogP contribution in [-0.4, -0.2) is 96.6 Å². The number of benzene rings is 1. The van der Waals surface area contributed by atoms with Crippen molar-refractivity contribution in [2.75, 3.05) is 80.8 Å². The van der Waals surface area contributed by atoms with Gasteiger partial charge in [-0.15, -0.1) is 0 Å². The first-order valence-electron chi connectivity index (χ1n) is 11.8. The third-order valence-electron chi connectivity index (χ3n) is 6.65. The second kappa shape index (κ2) is 12.9. The minimum absolute atomic E-state index is 0.186. The zero-order valence-electron chi connectivity index (χ0n) is 20.2. The maximum atomic E-state index is 5.59. The summed E-state index contributed by atoms with van der Waals surface area (Å²) in [5.41, 5.74) is 1.19. The number of ether oxygens (including phenoxy) is 3. The van der Waals surface area contributed by atoms with E-state index in [-0.39, 0.29) is 6.04 Å². The largest absolute Gasteiger partial charge is 0.493 e. The first kappa shape index (κ1) is 24.6. The van der Waals surface area contributed by atoms with E-state index in [1.165, 1.54) is 37.9 Å². The average Bonchev–Trinajstić information content (AvgIpc) is 2.84. The number of nitrogens with zero attached hydrogens (tertiary/aromatic N) is 3. The summed E-state index contributed by atoms with van der Waals surface area (Å²) in [5.74, 6) is 3.17. The van der Waals surface area contributed by atoms with Gasteiger partial charge in [0.2, 0.25) is 0 Å². The third kappa shape index (κ3) is 6.98. The van der Waals surface area contributed by atoms with Gasteiger partial charge < -0.3 is 29.7 Å². The van der Waals surface area contributed by atoms with E-state index in [0.29, 0.717) is 0 Å². The molecule has 1 atom stereocenters. The number of hydrogen-bond acceptors (Lipinski definition) is 6. The first-order valence-corrected chi connectivity index (χ1v) is 11.8. The Morgan fingerprint density at radius 2 is 1.81 bits per heavy atom. The molecule has 1 unspecified atom stereocenters. The van der Waals surface area contributed by atoms with Crippen LogP contribution >= 0.6 is 0 Å². The minimum atomic E-state index is 0.186. The van der Waals surface area contributed by atoms with Crippen LogP contribution in [0.5, 0.6) is 11.5 Å². The molecule has 0 aliphatic carbocycles. The molecule has 2 saturated heterocycles. The molecule has 1 aromatic carbocycles. The van der Waals surface area contributed by atoms with Crippen molar-refractivity contribution in [3.63, 3.8) is 0 Å². The van der Waals surface area contributed by atoms with Gasteiger partial charge in [0.25, 0.3) is 0 Å². The summed E-state index contributed by atoms with van der Waals surface area (Å²) < 4.78 is 16.6. The lowest BCUT2D eigenvalue weighted by Gasteiger charge is -2.35. The predicted octanol–water partition coefficient (Wildman–Crippen LogP) is 1.97. The van der Waals surface area contributed by atoms with Gasteiger partial charge in [0.15, 0.2) is 17.5 Å². The van der Waals surface area contributed by atoms with Crippen molar-refractivity contribution in [3.8, 4) is 11.5 Å². The Balaban J connectivity index is 1.59. The molecule has 8 heteroatoms. The zero-order chi connectivity index (χ0) is 22.8. The standard InChI is InChI=1S/C24H41N5O3/c1-25-24(26-10-7-19-8-11-28(2)12-9-19)27-18-21(29-13-15-32-16-14-29)20-5-6-22(30-3)23(17-20)31-4/h5-6,17,19,21H,7-16,18H2,1-4H3,(H2,25,26,27). The second-order valence-electron chi connectivity index (χ2n) is 8.69. The van der Waals surface area contributed by atoms with E-state index in [1.54, 1.807) is 14.2 Å². The molecule has 2 fully saturated rings. The summed E-state index contributed by atoms with van der Waals surface area (Å²) >= 11 is 0. The van der Waals surface area contributed by atoms with Crippen molar-refractivity contribution in [3.05, 3.63) is 23.8 Å². The summed E-state index contributed by atoms with van der Waals surface area (Å²) in [7, 11) is 7.40. The predicted molar refractivity (Wildman–Crippen MR) is 129 cm³/mol. The number of aliphatic imine (C=N–C) groups is 1. The topological polar surface area (TPSA) is 70.6 Å². The Morgan fingerprint density at radius 1 is 1.09 bits per heavy atom. The molecule has 3 rings (SSSR count). The number of piperidine rings is 1. The number of methoxy groups -OCH3 is 2. The van der Waals surface area contributed by atoms with Crippen molar-refractivity contribution in [1.82, 2.24) is 20.4 Å². The van der Waals surface area contributed by atoms with Crippen LogP contribution in [0.15, 0.2) is 23.2 Å². The molecule has 2 aliphatic rings. The van der Waals surface area contributed by atoms with E-state index < -0.39 is 0 Å². The molecule has 0 spiro atoms. The van der Waals surface area contributed by atoms with Gasteiger partial charge in [0, 0.05) is 33.2 Å². The highest BCUT2D eigenvalue weighted by atomic mass is 16.5. The van der Waals surface area contributed by atoms with Gasteiger partial charge in [0.05, 0.1) is 33.5 Å². The first-order chi connectivity index (χ1) is 15.6. The molecular formula is C24H41N5O3. The lowest BCUT2D eigenvalue weighted by atomic mass is 9.94. The minimum Gasteiger partial charge on any atom is -0.493 e. The van der Waals surface area contributed by atoms with Crippen LogP contribution in [0.2, 0.25) is 0 Å². The number of rotatable bonds is 9. The second-order valence-corrected chi connectivity index (χ2v) is 8.69.